The van der Waals surface area contributed by atoms with Crippen molar-refractivity contribution in [2.24, 2.45) is 11.8 Å². The Morgan fingerprint density at radius 3 is 2.40 bits per heavy atom. The molecule has 1 rings (SSSR count). The van der Waals surface area contributed by atoms with Crippen LogP contribution in [0.2, 0.25) is 0 Å². The van der Waals surface area contributed by atoms with E-state index in [-0.39, 0.29) is 0 Å². The Hall–Kier alpha value is -0.0400. The Bertz CT molecular complexity index is 96.9. The normalized spacial score (nSPS) is 24.3. The minimum Gasteiger partial charge on any atom is -0.314 e. The summed E-state index contributed by atoms with van der Waals surface area (Å²) in [7, 11) is 0. The van der Waals surface area contributed by atoms with Gasteiger partial charge < -0.3 is 5.32 Å². The van der Waals surface area contributed by atoms with Crippen molar-refractivity contribution in [3.05, 3.63) is 0 Å². The van der Waals surface area contributed by atoms with Gasteiger partial charge in [-0.25, -0.2) is 0 Å². The van der Waals surface area contributed by atoms with Gasteiger partial charge in [0.1, 0.15) is 0 Å². The molecule has 1 aliphatic rings. The van der Waals surface area contributed by atoms with Crippen molar-refractivity contribution in [1.29, 1.82) is 0 Å². The van der Waals surface area contributed by atoms with Crippen LogP contribution in [0.25, 0.3) is 0 Å². The van der Waals surface area contributed by atoms with Crippen LogP contribution in [0.15, 0.2) is 0 Å². The van der Waals surface area contributed by atoms with Crippen molar-refractivity contribution in [2.45, 2.75) is 39.7 Å². The van der Waals surface area contributed by atoms with Crippen molar-refractivity contribution in [2.75, 3.05) is 6.54 Å². The summed E-state index contributed by atoms with van der Waals surface area (Å²) in [6, 6.07) is 0.720. The van der Waals surface area contributed by atoms with Crippen LogP contribution in [-0.2, 0) is 0 Å². The lowest BCUT2D eigenvalue weighted by Crippen LogP contribution is -2.32. The largest absolute Gasteiger partial charge is 0.314 e. The van der Waals surface area contributed by atoms with Crippen molar-refractivity contribution >= 4 is 0 Å². The third-order valence-corrected chi connectivity index (χ3v) is 2.68. The van der Waals surface area contributed by atoms with Crippen LogP contribution in [0, 0.1) is 11.8 Å². The van der Waals surface area contributed by atoms with Gasteiger partial charge in [0.2, 0.25) is 0 Å². The second kappa shape index (κ2) is 3.38. The SMILES string of the molecule is CCNC(C)C(C)C1CC1. The summed E-state index contributed by atoms with van der Waals surface area (Å²) < 4.78 is 0. The molecule has 2 unspecified atom stereocenters. The van der Waals surface area contributed by atoms with Gasteiger partial charge in [-0.3, -0.25) is 0 Å². The highest BCUT2D eigenvalue weighted by Gasteiger charge is 2.30. The summed E-state index contributed by atoms with van der Waals surface area (Å²) in [6.07, 6.45) is 2.94. The van der Waals surface area contributed by atoms with E-state index in [1.54, 1.807) is 0 Å². The molecule has 60 valence electrons. The lowest BCUT2D eigenvalue weighted by atomic mass is 9.98. The Labute approximate surface area is 64.2 Å². The van der Waals surface area contributed by atoms with Gasteiger partial charge in [0.15, 0.2) is 0 Å². The van der Waals surface area contributed by atoms with Crippen LogP contribution in [0.4, 0.5) is 0 Å². The van der Waals surface area contributed by atoms with E-state index in [1.807, 2.05) is 0 Å². The summed E-state index contributed by atoms with van der Waals surface area (Å²) in [5.74, 6) is 1.92. The van der Waals surface area contributed by atoms with Crippen LogP contribution < -0.4 is 5.32 Å². The highest BCUT2D eigenvalue weighted by atomic mass is 14.9. The molecule has 1 nitrogen and oxygen atoms in total. The molecule has 0 saturated heterocycles. The molecular formula is C9H19N. The molecule has 2 atom stereocenters. The van der Waals surface area contributed by atoms with Crippen LogP contribution in [0.1, 0.15) is 33.6 Å². The predicted molar refractivity (Wildman–Crippen MR) is 45.0 cm³/mol. The van der Waals surface area contributed by atoms with Gasteiger partial charge in [-0.2, -0.15) is 0 Å². The zero-order valence-corrected chi connectivity index (χ0v) is 7.35. The molecule has 0 bridgehead atoms. The lowest BCUT2D eigenvalue weighted by molar-refractivity contribution is 0.369. The Morgan fingerprint density at radius 1 is 1.40 bits per heavy atom. The summed E-state index contributed by atoms with van der Waals surface area (Å²) in [4.78, 5) is 0. The van der Waals surface area contributed by atoms with E-state index in [0.717, 1.165) is 24.4 Å². The minimum absolute atomic E-state index is 0.720. The Balaban J connectivity index is 2.17. The van der Waals surface area contributed by atoms with Crippen LogP contribution in [0.5, 0.6) is 0 Å². The van der Waals surface area contributed by atoms with Crippen LogP contribution in [0.3, 0.4) is 0 Å². The quantitative estimate of drug-likeness (QED) is 0.631. The standard InChI is InChI=1S/C9H19N/c1-4-10-8(3)7(2)9-5-6-9/h7-10H,4-6H2,1-3H3. The fourth-order valence-electron chi connectivity index (χ4n) is 1.54. The predicted octanol–water partition coefficient (Wildman–Crippen LogP) is 2.03. The molecule has 0 heterocycles. The molecule has 0 aromatic rings. The van der Waals surface area contributed by atoms with Crippen molar-refractivity contribution < 1.29 is 0 Å². The van der Waals surface area contributed by atoms with Gasteiger partial charge in [0, 0.05) is 6.04 Å². The van der Waals surface area contributed by atoms with E-state index >= 15 is 0 Å². The second-order valence-electron chi connectivity index (χ2n) is 3.54. The van der Waals surface area contributed by atoms with E-state index in [9.17, 15) is 0 Å². The molecule has 0 radical (unpaired) electrons. The summed E-state index contributed by atoms with van der Waals surface area (Å²) in [5, 5.41) is 3.47. The van der Waals surface area contributed by atoms with Crippen LogP contribution >= 0.6 is 0 Å². The molecule has 1 heteroatoms. The minimum atomic E-state index is 0.720. The maximum Gasteiger partial charge on any atom is 0.00668 e. The fourth-order valence-corrected chi connectivity index (χ4v) is 1.54. The van der Waals surface area contributed by atoms with Gasteiger partial charge in [0.05, 0.1) is 0 Å². The summed E-state index contributed by atoms with van der Waals surface area (Å²) >= 11 is 0. The second-order valence-corrected chi connectivity index (χ2v) is 3.54. The van der Waals surface area contributed by atoms with Gasteiger partial charge in [-0.15, -0.1) is 0 Å². The molecule has 1 N–H and O–H groups in total. The van der Waals surface area contributed by atoms with Gasteiger partial charge in [-0.1, -0.05) is 13.8 Å². The number of hydrogen-bond acceptors (Lipinski definition) is 1. The topological polar surface area (TPSA) is 12.0 Å². The molecular weight excluding hydrogens is 122 g/mol. The highest BCUT2D eigenvalue weighted by molar-refractivity contribution is 4.84. The summed E-state index contributed by atoms with van der Waals surface area (Å²) in [6.45, 7) is 7.95. The zero-order chi connectivity index (χ0) is 7.56. The van der Waals surface area contributed by atoms with E-state index in [4.69, 9.17) is 0 Å². The van der Waals surface area contributed by atoms with E-state index in [2.05, 4.69) is 26.1 Å². The molecule has 1 saturated carbocycles. The Kier molecular flexibility index (Phi) is 2.72. The van der Waals surface area contributed by atoms with E-state index < -0.39 is 0 Å². The first-order chi connectivity index (χ1) is 4.75. The molecule has 0 aromatic heterocycles. The fraction of sp³-hybridized carbons (Fsp3) is 1.00. The van der Waals surface area contributed by atoms with Gasteiger partial charge in [0.25, 0.3) is 0 Å². The number of nitrogens with one attached hydrogen (secondary N) is 1. The maximum absolute atomic E-state index is 3.47. The monoisotopic (exact) mass is 141 g/mol. The van der Waals surface area contributed by atoms with Crippen LogP contribution in [-0.4, -0.2) is 12.6 Å². The highest BCUT2D eigenvalue weighted by Crippen LogP contribution is 2.37. The molecule has 0 spiro atoms. The first-order valence-electron chi connectivity index (χ1n) is 4.49. The van der Waals surface area contributed by atoms with Gasteiger partial charge >= 0.3 is 0 Å². The van der Waals surface area contributed by atoms with Gasteiger partial charge in [-0.05, 0) is 38.1 Å². The zero-order valence-electron chi connectivity index (χ0n) is 7.35. The van der Waals surface area contributed by atoms with Crippen molar-refractivity contribution in [1.82, 2.24) is 5.32 Å². The van der Waals surface area contributed by atoms with E-state index in [1.165, 1.54) is 12.8 Å². The lowest BCUT2D eigenvalue weighted by Gasteiger charge is -2.19. The third-order valence-electron chi connectivity index (χ3n) is 2.68. The third kappa shape index (κ3) is 1.98. The number of hydrogen-bond donors (Lipinski definition) is 1. The number of rotatable bonds is 4. The molecule has 10 heavy (non-hydrogen) atoms. The molecule has 1 aliphatic carbocycles. The first kappa shape index (κ1) is 8.06. The Morgan fingerprint density at radius 2 is 2.00 bits per heavy atom. The average Bonchev–Trinajstić information content (AvgIpc) is 2.68. The summed E-state index contributed by atoms with van der Waals surface area (Å²) in [5.41, 5.74) is 0. The molecule has 0 aliphatic heterocycles. The first-order valence-corrected chi connectivity index (χ1v) is 4.49. The average molecular weight is 141 g/mol. The van der Waals surface area contributed by atoms with E-state index in [0.29, 0.717) is 0 Å². The smallest absolute Gasteiger partial charge is 0.00668 e. The molecule has 1 fully saturated rings. The maximum atomic E-state index is 3.47. The molecule has 0 amide bonds. The molecule has 0 aromatic carbocycles. The van der Waals surface area contributed by atoms with Crippen molar-refractivity contribution in [3.63, 3.8) is 0 Å². The van der Waals surface area contributed by atoms with Crippen molar-refractivity contribution in [3.8, 4) is 0 Å².